The van der Waals surface area contributed by atoms with Gasteiger partial charge in [-0.25, -0.2) is 0 Å². The van der Waals surface area contributed by atoms with Crippen molar-refractivity contribution in [2.45, 2.75) is 87.4 Å². The van der Waals surface area contributed by atoms with Gasteiger partial charge in [-0.15, -0.1) is 0 Å². The van der Waals surface area contributed by atoms with Crippen molar-refractivity contribution in [3.8, 4) is 0 Å². The molecule has 2 atom stereocenters. The molecule has 0 amide bonds. The van der Waals surface area contributed by atoms with Crippen LogP contribution in [0.15, 0.2) is 0 Å². The molecule has 0 aliphatic heterocycles. The van der Waals surface area contributed by atoms with Crippen LogP contribution >= 0.6 is 15.8 Å². The molecule has 8 saturated carbocycles. The van der Waals surface area contributed by atoms with Crippen LogP contribution in [0.3, 0.4) is 0 Å². The Hall–Kier alpha value is 0.860. The van der Waals surface area contributed by atoms with Crippen LogP contribution in [-0.4, -0.2) is 29.5 Å². The molecule has 0 aromatic carbocycles. The molecule has 8 fully saturated rings. The molecule has 0 heterocycles. The van der Waals surface area contributed by atoms with Crippen LogP contribution in [0.4, 0.5) is 0 Å². The highest BCUT2D eigenvalue weighted by atomic mass is 31.2. The molecule has 140 valence electrons. The van der Waals surface area contributed by atoms with Crippen molar-refractivity contribution >= 4 is 15.8 Å². The lowest BCUT2D eigenvalue weighted by atomic mass is 9.56. The van der Waals surface area contributed by atoms with E-state index >= 15 is 0 Å². The summed E-state index contributed by atoms with van der Waals surface area (Å²) in [7, 11) is 0.566. The lowest BCUT2D eigenvalue weighted by Gasteiger charge is -2.62. The lowest BCUT2D eigenvalue weighted by molar-refractivity contribution is 0.0349. The highest BCUT2D eigenvalue weighted by molar-refractivity contribution is 7.75. The summed E-state index contributed by atoms with van der Waals surface area (Å²) in [5, 5.41) is 1.73. The van der Waals surface area contributed by atoms with Crippen molar-refractivity contribution in [3.05, 3.63) is 0 Å². The van der Waals surface area contributed by atoms with Gasteiger partial charge in [0.25, 0.3) is 0 Å². The lowest BCUT2D eigenvalue weighted by Crippen LogP contribution is -2.51. The summed E-state index contributed by atoms with van der Waals surface area (Å²) in [5.74, 6) is 8.61. The minimum atomic E-state index is 0.283. The molecule has 0 spiro atoms. The van der Waals surface area contributed by atoms with E-state index in [4.69, 9.17) is 0 Å². The third kappa shape index (κ3) is 2.59. The van der Waals surface area contributed by atoms with Crippen LogP contribution in [0.25, 0.3) is 0 Å². The average molecular weight is 377 g/mol. The first-order chi connectivity index (χ1) is 12.0. The van der Waals surface area contributed by atoms with Crippen LogP contribution in [-0.2, 0) is 0 Å². The van der Waals surface area contributed by atoms with E-state index in [1.165, 1.54) is 0 Å². The molecule has 0 nitrogen and oxygen atoms in total. The van der Waals surface area contributed by atoms with Crippen molar-refractivity contribution in [3.63, 3.8) is 0 Å². The summed E-state index contributed by atoms with van der Waals surface area (Å²) in [6, 6.07) is 0. The summed E-state index contributed by atoms with van der Waals surface area (Å²) in [5.41, 5.74) is 0. The molecule has 8 rings (SSSR count). The third-order valence-corrected chi connectivity index (χ3v) is 17.8. The zero-order valence-corrected chi connectivity index (χ0v) is 18.3. The Kier molecular flexibility index (Phi) is 3.82. The molecule has 2 heteroatoms. The Labute approximate surface area is 158 Å². The summed E-state index contributed by atoms with van der Waals surface area (Å²) in [6.07, 6.45) is 19.7. The van der Waals surface area contributed by atoms with Crippen LogP contribution in [0, 0.1) is 35.5 Å². The fourth-order valence-corrected chi connectivity index (χ4v) is 18.0. The molecule has 8 bridgehead atoms. The molecule has 0 aromatic heterocycles. The quantitative estimate of drug-likeness (QED) is 0.459. The topological polar surface area (TPSA) is 0 Å². The third-order valence-electron chi connectivity index (χ3n) is 10.1. The molecule has 2 unspecified atom stereocenters. The first kappa shape index (κ1) is 16.8. The molecule has 0 saturated heterocycles. The molecule has 25 heavy (non-hydrogen) atoms. The predicted molar refractivity (Wildman–Crippen MR) is 112 cm³/mol. The molecule has 0 N–H and O–H groups in total. The second-order valence-electron chi connectivity index (χ2n) is 11.8. The molecule has 0 aromatic rings. The monoisotopic (exact) mass is 376 g/mol. The highest BCUT2D eigenvalue weighted by Crippen LogP contribution is 2.74. The maximum absolute atomic E-state index is 2.78. The van der Waals surface area contributed by atoms with Crippen LogP contribution in [0.5, 0.6) is 0 Å². The van der Waals surface area contributed by atoms with Gasteiger partial charge < -0.3 is 0 Å². The van der Waals surface area contributed by atoms with Gasteiger partial charge in [0.1, 0.15) is 0 Å². The molecule has 8 aliphatic rings. The van der Waals surface area contributed by atoms with Crippen molar-refractivity contribution in [2.75, 3.05) is 19.2 Å². The second kappa shape index (κ2) is 5.69. The van der Waals surface area contributed by atoms with E-state index < -0.39 is 0 Å². The largest absolute Gasteiger partial charge is 0.0991 e. The first-order valence-corrected chi connectivity index (χ1v) is 15.4. The molecule has 8 aliphatic carbocycles. The van der Waals surface area contributed by atoms with E-state index in [1.54, 1.807) is 83.0 Å². The van der Waals surface area contributed by atoms with Crippen molar-refractivity contribution in [1.82, 2.24) is 0 Å². The summed E-state index contributed by atoms with van der Waals surface area (Å²) >= 11 is 0. The maximum Gasteiger partial charge on any atom is -0.00858 e. The van der Waals surface area contributed by atoms with Gasteiger partial charge in [0.2, 0.25) is 0 Å². The molecule has 0 radical (unpaired) electrons. The van der Waals surface area contributed by atoms with Crippen LogP contribution < -0.4 is 0 Å². The number of hydrogen-bond donors (Lipinski definition) is 0. The normalized spacial score (nSPS) is 57.8. The SMILES string of the molecule is CP(CP(C)C12CC3CC(CC(C3)C1)C2)C12CC3CC(CC(C3)C1)C2. The van der Waals surface area contributed by atoms with Crippen molar-refractivity contribution < 1.29 is 0 Å². The van der Waals surface area contributed by atoms with Gasteiger partial charge in [-0.1, -0.05) is 15.8 Å². The Morgan fingerprint density at radius 2 is 0.760 bits per heavy atom. The first-order valence-electron chi connectivity index (χ1n) is 11.4. The van der Waals surface area contributed by atoms with Crippen molar-refractivity contribution in [2.24, 2.45) is 35.5 Å². The Morgan fingerprint density at radius 3 is 1.00 bits per heavy atom. The summed E-state index contributed by atoms with van der Waals surface area (Å²) < 4.78 is 0. The van der Waals surface area contributed by atoms with Gasteiger partial charge in [0.15, 0.2) is 0 Å². The van der Waals surface area contributed by atoms with Crippen LogP contribution in [0.2, 0.25) is 0 Å². The van der Waals surface area contributed by atoms with Crippen LogP contribution in [0.1, 0.15) is 77.0 Å². The number of rotatable bonds is 4. The Morgan fingerprint density at radius 1 is 0.520 bits per heavy atom. The van der Waals surface area contributed by atoms with Gasteiger partial charge in [0.05, 0.1) is 0 Å². The van der Waals surface area contributed by atoms with Gasteiger partial charge in [-0.05, 0) is 142 Å². The van der Waals surface area contributed by atoms with E-state index in [0.29, 0.717) is 0 Å². The van der Waals surface area contributed by atoms with E-state index in [1.807, 2.05) is 0 Å². The smallest absolute Gasteiger partial charge is 0.00858 e. The minimum Gasteiger partial charge on any atom is -0.0991 e. The zero-order valence-electron chi connectivity index (χ0n) is 16.6. The van der Waals surface area contributed by atoms with Gasteiger partial charge in [-0.3, -0.25) is 0 Å². The van der Waals surface area contributed by atoms with E-state index in [0.717, 1.165) is 45.8 Å². The summed E-state index contributed by atoms with van der Waals surface area (Å²) in [6.45, 7) is 5.56. The second-order valence-corrected chi connectivity index (χ2v) is 17.6. The van der Waals surface area contributed by atoms with Gasteiger partial charge >= 0.3 is 0 Å². The Balaban J connectivity index is 1.20. The minimum absolute atomic E-state index is 0.283. The van der Waals surface area contributed by atoms with E-state index in [9.17, 15) is 0 Å². The predicted octanol–water partition coefficient (Wildman–Crippen LogP) is 7.10. The molecular weight excluding hydrogens is 338 g/mol. The van der Waals surface area contributed by atoms with Gasteiger partial charge in [0, 0.05) is 0 Å². The Bertz CT molecular complexity index is 434. The standard InChI is InChI=1S/C23H38P2/c1-24(22-9-16-3-17(10-22)5-18(4-16)11-22)15-25(2)23-12-19-6-20(13-23)8-21(7-19)14-23/h16-21H,3-15H2,1-2H3. The fourth-order valence-electron chi connectivity index (χ4n) is 9.68. The highest BCUT2D eigenvalue weighted by Gasteiger charge is 2.56. The average Bonchev–Trinajstić information content (AvgIpc) is 2.52. The fraction of sp³-hybridized carbons (Fsp3) is 1.00. The number of hydrogen-bond acceptors (Lipinski definition) is 0. The van der Waals surface area contributed by atoms with E-state index in [-0.39, 0.29) is 15.8 Å². The zero-order chi connectivity index (χ0) is 16.8. The van der Waals surface area contributed by atoms with E-state index in [2.05, 4.69) is 13.3 Å². The van der Waals surface area contributed by atoms with Gasteiger partial charge in [-0.2, -0.15) is 0 Å². The molecular formula is C23H38P2. The maximum atomic E-state index is 2.78. The summed E-state index contributed by atoms with van der Waals surface area (Å²) in [4.78, 5) is 0. The van der Waals surface area contributed by atoms with Crippen molar-refractivity contribution in [1.29, 1.82) is 0 Å².